The van der Waals surface area contributed by atoms with Crippen molar-refractivity contribution in [3.8, 4) is 11.5 Å². The summed E-state index contributed by atoms with van der Waals surface area (Å²) in [5.41, 5.74) is -2.11. The number of hydrogen-bond acceptors (Lipinski definition) is 10. The number of aromatic carboxylic acids is 1. The number of aromatic nitrogens is 4. The number of ether oxygens (including phenoxy) is 3. The standard InChI is InChI=1S/C31H28F2N6O8/c32-22-5-17(38-9-19(47-30(38)43)8-36-15-34-14-35-36)3-4-24(22)46-13-31(44)7-18-11-45-28-25-20(6-23(33)26(28)39(18)12-31)27(40)21(29(41)42)10-37(25)16-1-2-16/h3-6,10,14-16,18-19,44H,1-2,7-9,11-13H2,(H,41,42)/t18-,19-,31-/m0/s1. The second-order valence-electron chi connectivity index (χ2n) is 12.4. The van der Waals surface area contributed by atoms with Crippen LogP contribution in [-0.2, 0) is 11.3 Å². The van der Waals surface area contributed by atoms with E-state index >= 15 is 8.78 Å². The number of halogens is 2. The highest BCUT2D eigenvalue weighted by Crippen LogP contribution is 2.48. The minimum Gasteiger partial charge on any atom is -0.487 e. The van der Waals surface area contributed by atoms with Gasteiger partial charge >= 0.3 is 12.1 Å². The smallest absolute Gasteiger partial charge is 0.414 e. The number of carbonyl (C=O) groups is 2. The maximum Gasteiger partial charge on any atom is 0.414 e. The molecule has 244 valence electrons. The van der Waals surface area contributed by atoms with E-state index in [9.17, 15) is 24.6 Å². The van der Waals surface area contributed by atoms with E-state index in [2.05, 4.69) is 10.1 Å². The number of cyclic esters (lactones) is 1. The van der Waals surface area contributed by atoms with Crippen molar-refractivity contribution in [2.24, 2.45) is 0 Å². The second kappa shape index (κ2) is 10.7. The minimum absolute atomic E-state index is 0.0468. The van der Waals surface area contributed by atoms with Crippen LogP contribution in [-0.4, -0.2) is 85.7 Å². The Morgan fingerprint density at radius 1 is 1.15 bits per heavy atom. The Morgan fingerprint density at radius 3 is 2.70 bits per heavy atom. The van der Waals surface area contributed by atoms with Gasteiger partial charge in [0.05, 0.1) is 42.3 Å². The molecular weight excluding hydrogens is 622 g/mol. The van der Waals surface area contributed by atoms with E-state index in [0.717, 1.165) is 25.0 Å². The number of rotatable bonds is 8. The Hall–Kier alpha value is -5.25. The molecule has 5 heterocycles. The van der Waals surface area contributed by atoms with Gasteiger partial charge in [-0.3, -0.25) is 9.69 Å². The summed E-state index contributed by atoms with van der Waals surface area (Å²) in [5.74, 6) is -2.95. The lowest BCUT2D eigenvalue weighted by atomic mass is 10.0. The van der Waals surface area contributed by atoms with Crippen LogP contribution in [0.4, 0.5) is 25.0 Å². The largest absolute Gasteiger partial charge is 0.487 e. The van der Waals surface area contributed by atoms with Gasteiger partial charge in [-0.15, -0.1) is 0 Å². The number of carbonyl (C=O) groups excluding carboxylic acids is 1. The number of carboxylic acids is 1. The van der Waals surface area contributed by atoms with Gasteiger partial charge in [0, 0.05) is 24.7 Å². The topological polar surface area (TPSA) is 161 Å². The fraction of sp³-hybridized carbons (Fsp3) is 0.387. The average molecular weight is 651 g/mol. The van der Waals surface area contributed by atoms with Crippen molar-refractivity contribution in [1.29, 1.82) is 0 Å². The highest BCUT2D eigenvalue weighted by atomic mass is 19.1. The molecular formula is C31H28F2N6O8. The van der Waals surface area contributed by atoms with Gasteiger partial charge in [0.1, 0.15) is 48.8 Å². The van der Waals surface area contributed by atoms with E-state index in [4.69, 9.17) is 14.2 Å². The van der Waals surface area contributed by atoms with Crippen molar-refractivity contribution >= 4 is 34.3 Å². The van der Waals surface area contributed by atoms with E-state index in [-0.39, 0.29) is 67.0 Å². The van der Waals surface area contributed by atoms with E-state index < -0.39 is 52.4 Å². The first-order valence-electron chi connectivity index (χ1n) is 15.1. The molecule has 1 amide bonds. The molecule has 3 fully saturated rings. The summed E-state index contributed by atoms with van der Waals surface area (Å²) in [6, 6.07) is 4.57. The van der Waals surface area contributed by atoms with E-state index in [0.29, 0.717) is 12.1 Å². The predicted molar refractivity (Wildman–Crippen MR) is 159 cm³/mol. The molecule has 2 saturated heterocycles. The number of nitrogens with zero attached hydrogens (tertiary/aromatic N) is 6. The van der Waals surface area contributed by atoms with Crippen molar-refractivity contribution in [1.82, 2.24) is 19.3 Å². The number of fused-ring (bicyclic) bond motifs is 5. The van der Waals surface area contributed by atoms with Crippen molar-refractivity contribution in [2.45, 2.75) is 49.6 Å². The average Bonchev–Trinajstić information content (AvgIpc) is 3.45. The number of amides is 1. The maximum atomic E-state index is 15.7. The van der Waals surface area contributed by atoms with E-state index in [1.165, 1.54) is 40.6 Å². The van der Waals surface area contributed by atoms with Crippen molar-refractivity contribution in [3.63, 3.8) is 0 Å². The first-order valence-corrected chi connectivity index (χ1v) is 15.1. The Bertz CT molecular complexity index is 2000. The number of benzene rings is 2. The van der Waals surface area contributed by atoms with Gasteiger partial charge in [0.25, 0.3) is 0 Å². The molecule has 4 aliphatic rings. The fourth-order valence-electron chi connectivity index (χ4n) is 6.74. The van der Waals surface area contributed by atoms with Crippen LogP contribution in [0.3, 0.4) is 0 Å². The highest BCUT2D eigenvalue weighted by molar-refractivity contribution is 5.97. The number of pyridine rings is 1. The molecule has 2 N–H and O–H groups in total. The number of hydrogen-bond donors (Lipinski definition) is 2. The van der Waals surface area contributed by atoms with Crippen LogP contribution in [0.15, 0.2) is 47.9 Å². The zero-order valence-electron chi connectivity index (χ0n) is 24.7. The summed E-state index contributed by atoms with van der Waals surface area (Å²) in [6.45, 7) is 0.164. The van der Waals surface area contributed by atoms with Crippen LogP contribution in [0.5, 0.6) is 11.5 Å². The monoisotopic (exact) mass is 650 g/mol. The van der Waals surface area contributed by atoms with Crippen molar-refractivity contribution in [3.05, 3.63) is 70.5 Å². The number of aliphatic hydroxyl groups is 1. The Kier molecular flexibility index (Phi) is 6.61. The first kappa shape index (κ1) is 29.2. The molecule has 2 aromatic carbocycles. The molecule has 8 rings (SSSR count). The molecule has 0 unspecified atom stereocenters. The van der Waals surface area contributed by atoms with Gasteiger partial charge in [-0.05, 0) is 31.0 Å². The molecule has 0 radical (unpaired) electrons. The van der Waals surface area contributed by atoms with Crippen molar-refractivity contribution < 1.29 is 42.8 Å². The molecule has 3 aliphatic heterocycles. The second-order valence-corrected chi connectivity index (χ2v) is 12.4. The highest BCUT2D eigenvalue weighted by Gasteiger charge is 2.48. The summed E-state index contributed by atoms with van der Waals surface area (Å²) in [6.07, 6.45) is 4.71. The van der Waals surface area contributed by atoms with Crippen LogP contribution in [0, 0.1) is 11.6 Å². The Balaban J connectivity index is 1.01. The fourth-order valence-corrected chi connectivity index (χ4v) is 6.74. The van der Waals surface area contributed by atoms with Gasteiger partial charge < -0.3 is 33.9 Å². The quantitative estimate of drug-likeness (QED) is 0.289. The zero-order chi connectivity index (χ0) is 32.6. The number of carboxylic acid groups (broad SMARTS) is 1. The molecule has 1 aliphatic carbocycles. The lowest BCUT2D eigenvalue weighted by Crippen LogP contribution is -2.41. The van der Waals surface area contributed by atoms with Gasteiger partial charge in [0.2, 0.25) is 5.43 Å². The maximum absolute atomic E-state index is 15.7. The van der Waals surface area contributed by atoms with Crippen LogP contribution in [0.1, 0.15) is 35.7 Å². The molecule has 2 aromatic heterocycles. The third-order valence-corrected chi connectivity index (χ3v) is 9.05. The summed E-state index contributed by atoms with van der Waals surface area (Å²) >= 11 is 0. The molecule has 0 bridgehead atoms. The lowest BCUT2D eigenvalue weighted by molar-refractivity contribution is 0.00980. The van der Waals surface area contributed by atoms with Crippen molar-refractivity contribution in [2.75, 3.05) is 36.1 Å². The normalized spacial score (nSPS) is 23.4. The van der Waals surface area contributed by atoms with Gasteiger partial charge in [-0.2, -0.15) is 5.10 Å². The molecule has 1 saturated carbocycles. The molecule has 16 heteroatoms. The third-order valence-electron chi connectivity index (χ3n) is 9.05. The van der Waals surface area contributed by atoms with Crippen LogP contribution < -0.4 is 24.7 Å². The summed E-state index contributed by atoms with van der Waals surface area (Å²) in [7, 11) is 0. The predicted octanol–water partition coefficient (Wildman–Crippen LogP) is 2.71. The van der Waals surface area contributed by atoms with Crippen LogP contribution in [0.25, 0.3) is 10.9 Å². The van der Waals surface area contributed by atoms with Gasteiger partial charge in [-0.25, -0.2) is 28.0 Å². The molecule has 3 atom stereocenters. The lowest BCUT2D eigenvalue weighted by Gasteiger charge is -2.34. The Labute approximate surface area is 264 Å². The minimum atomic E-state index is -1.52. The van der Waals surface area contributed by atoms with Gasteiger partial charge in [-0.1, -0.05) is 0 Å². The van der Waals surface area contributed by atoms with E-state index in [1.54, 1.807) is 9.47 Å². The molecule has 47 heavy (non-hydrogen) atoms. The first-order chi connectivity index (χ1) is 22.6. The van der Waals surface area contributed by atoms with Gasteiger partial charge in [0.15, 0.2) is 23.1 Å². The zero-order valence-corrected chi connectivity index (χ0v) is 24.7. The summed E-state index contributed by atoms with van der Waals surface area (Å²) < 4.78 is 51.3. The van der Waals surface area contributed by atoms with Crippen LogP contribution >= 0.6 is 0 Å². The summed E-state index contributed by atoms with van der Waals surface area (Å²) in [5, 5.41) is 25.0. The number of anilines is 2. The molecule has 4 aromatic rings. The Morgan fingerprint density at radius 2 is 1.98 bits per heavy atom. The third kappa shape index (κ3) is 4.99. The molecule has 0 spiro atoms. The SMILES string of the molecule is O=C(O)c1cn(C2CC2)c2c3c(c(F)cc2c1=O)N1C[C@](O)(COc2ccc(N4C[C@H](Cn5cncn5)OC4=O)cc2F)C[C@H]1CO3. The summed E-state index contributed by atoms with van der Waals surface area (Å²) in [4.78, 5) is 44.1. The molecule has 14 nitrogen and oxygen atoms in total. The van der Waals surface area contributed by atoms with Crippen LogP contribution in [0.2, 0.25) is 0 Å². The van der Waals surface area contributed by atoms with E-state index in [1.807, 2.05) is 0 Å².